The molecular formula is C15H21N5O2. The number of fused-ring (bicyclic) bond motifs is 1. The lowest BCUT2D eigenvalue weighted by atomic mass is 10.2. The van der Waals surface area contributed by atoms with Crippen LogP contribution in [0.4, 0.5) is 5.82 Å². The molecule has 0 spiro atoms. The van der Waals surface area contributed by atoms with Crippen molar-refractivity contribution in [3.63, 3.8) is 0 Å². The van der Waals surface area contributed by atoms with E-state index < -0.39 is 0 Å². The van der Waals surface area contributed by atoms with Gasteiger partial charge in [0.2, 0.25) is 5.91 Å². The van der Waals surface area contributed by atoms with Crippen LogP contribution in [0.1, 0.15) is 29.9 Å². The van der Waals surface area contributed by atoms with Gasteiger partial charge in [0.05, 0.1) is 18.3 Å². The number of aryl methyl sites for hydroxylation is 2. The maximum atomic E-state index is 12.3. The van der Waals surface area contributed by atoms with E-state index in [1.165, 1.54) is 5.69 Å². The molecule has 2 aromatic rings. The van der Waals surface area contributed by atoms with E-state index in [4.69, 9.17) is 4.52 Å². The number of carbonyl (C=O) groups excluding carboxylic acids is 1. The van der Waals surface area contributed by atoms with Crippen LogP contribution < -0.4 is 5.32 Å². The number of nitrogens with zero attached hydrogens (tertiary/aromatic N) is 4. The van der Waals surface area contributed by atoms with Crippen LogP contribution in [-0.4, -0.2) is 38.1 Å². The molecule has 0 saturated heterocycles. The Labute approximate surface area is 129 Å². The van der Waals surface area contributed by atoms with E-state index in [1.54, 1.807) is 13.0 Å². The van der Waals surface area contributed by atoms with Crippen LogP contribution in [0, 0.1) is 20.8 Å². The lowest BCUT2D eigenvalue weighted by Gasteiger charge is -2.32. The first-order valence-electron chi connectivity index (χ1n) is 7.46. The van der Waals surface area contributed by atoms with Crippen LogP contribution in [0.5, 0.6) is 0 Å². The topological polar surface area (TPSA) is 76.2 Å². The standard InChI is InChI=1S/C15H21N5O2/c1-9-7-13(18-22-9)17-15(21)12(4)19-5-6-20-11(3)10(2)16-14(20)8-19/h7,12H,5-6,8H2,1-4H3,(H,17,18,21)/t12-/m1/s1. The molecule has 0 fully saturated rings. The highest BCUT2D eigenvalue weighted by Gasteiger charge is 2.27. The maximum Gasteiger partial charge on any atom is 0.242 e. The molecular weight excluding hydrogens is 282 g/mol. The smallest absolute Gasteiger partial charge is 0.242 e. The highest BCUT2D eigenvalue weighted by molar-refractivity contribution is 5.93. The molecule has 1 N–H and O–H groups in total. The zero-order valence-corrected chi connectivity index (χ0v) is 13.4. The van der Waals surface area contributed by atoms with Crippen molar-refractivity contribution in [3.8, 4) is 0 Å². The molecule has 1 amide bonds. The van der Waals surface area contributed by atoms with Crippen molar-refractivity contribution in [3.05, 3.63) is 29.0 Å². The Kier molecular flexibility index (Phi) is 3.74. The summed E-state index contributed by atoms with van der Waals surface area (Å²) < 4.78 is 7.19. The molecule has 1 aliphatic heterocycles. The highest BCUT2D eigenvalue weighted by Crippen LogP contribution is 2.19. The number of rotatable bonds is 3. The molecule has 118 valence electrons. The Hall–Kier alpha value is -2.15. The average molecular weight is 303 g/mol. The van der Waals surface area contributed by atoms with Crippen LogP contribution in [0.2, 0.25) is 0 Å². The SMILES string of the molecule is Cc1cc(NC(=O)[C@@H](C)N2CCn3c(nc(C)c3C)C2)no1. The second-order valence-corrected chi connectivity index (χ2v) is 5.81. The van der Waals surface area contributed by atoms with E-state index in [2.05, 4.69) is 31.8 Å². The summed E-state index contributed by atoms with van der Waals surface area (Å²) in [5.41, 5.74) is 2.27. The normalized spacial score (nSPS) is 16.4. The Morgan fingerprint density at radius 1 is 1.36 bits per heavy atom. The molecule has 0 saturated carbocycles. The summed E-state index contributed by atoms with van der Waals surface area (Å²) in [4.78, 5) is 19.1. The Balaban J connectivity index is 1.68. The molecule has 3 heterocycles. The van der Waals surface area contributed by atoms with Crippen molar-refractivity contribution in [1.82, 2.24) is 19.6 Å². The first kappa shape index (κ1) is 14.8. The van der Waals surface area contributed by atoms with Gasteiger partial charge in [-0.3, -0.25) is 9.69 Å². The highest BCUT2D eigenvalue weighted by atomic mass is 16.5. The minimum Gasteiger partial charge on any atom is -0.360 e. The molecule has 0 unspecified atom stereocenters. The summed E-state index contributed by atoms with van der Waals surface area (Å²) in [6.45, 7) is 10.2. The Bertz CT molecular complexity index is 703. The zero-order valence-electron chi connectivity index (χ0n) is 13.4. The predicted molar refractivity (Wildman–Crippen MR) is 81.4 cm³/mol. The number of nitrogens with one attached hydrogen (secondary N) is 1. The first-order chi connectivity index (χ1) is 10.5. The van der Waals surface area contributed by atoms with Gasteiger partial charge in [0.25, 0.3) is 0 Å². The van der Waals surface area contributed by atoms with Crippen LogP contribution in [0.25, 0.3) is 0 Å². The molecule has 0 bridgehead atoms. The van der Waals surface area contributed by atoms with Crippen LogP contribution in [0.3, 0.4) is 0 Å². The van der Waals surface area contributed by atoms with Gasteiger partial charge >= 0.3 is 0 Å². The average Bonchev–Trinajstić information content (AvgIpc) is 3.02. The minimum atomic E-state index is -0.247. The number of anilines is 1. The number of hydrogen-bond donors (Lipinski definition) is 1. The van der Waals surface area contributed by atoms with Gasteiger partial charge in [0.15, 0.2) is 5.82 Å². The summed E-state index contributed by atoms with van der Waals surface area (Å²) in [5, 5.41) is 6.58. The molecule has 1 aliphatic rings. The lowest BCUT2D eigenvalue weighted by molar-refractivity contribution is -0.121. The lowest BCUT2D eigenvalue weighted by Crippen LogP contribution is -2.46. The number of amides is 1. The molecule has 3 rings (SSSR count). The number of imidazole rings is 1. The number of hydrogen-bond acceptors (Lipinski definition) is 5. The fraction of sp³-hybridized carbons (Fsp3) is 0.533. The molecule has 7 heteroatoms. The van der Waals surface area contributed by atoms with Crippen molar-refractivity contribution in [1.29, 1.82) is 0 Å². The summed E-state index contributed by atoms with van der Waals surface area (Å²) in [7, 11) is 0. The molecule has 7 nitrogen and oxygen atoms in total. The van der Waals surface area contributed by atoms with Crippen molar-refractivity contribution in [2.45, 2.75) is 46.8 Å². The van der Waals surface area contributed by atoms with Crippen molar-refractivity contribution < 1.29 is 9.32 Å². The van der Waals surface area contributed by atoms with E-state index in [9.17, 15) is 4.79 Å². The third kappa shape index (κ3) is 2.64. The van der Waals surface area contributed by atoms with Gasteiger partial charge in [-0.2, -0.15) is 0 Å². The van der Waals surface area contributed by atoms with Gasteiger partial charge < -0.3 is 14.4 Å². The van der Waals surface area contributed by atoms with Gasteiger partial charge in [0, 0.05) is 24.8 Å². The predicted octanol–water partition coefficient (Wildman–Crippen LogP) is 1.64. The second kappa shape index (κ2) is 5.57. The van der Waals surface area contributed by atoms with E-state index in [1.807, 2.05) is 13.8 Å². The Morgan fingerprint density at radius 2 is 2.14 bits per heavy atom. The molecule has 22 heavy (non-hydrogen) atoms. The molecule has 0 radical (unpaired) electrons. The van der Waals surface area contributed by atoms with Crippen molar-refractivity contribution in [2.75, 3.05) is 11.9 Å². The van der Waals surface area contributed by atoms with E-state index >= 15 is 0 Å². The minimum absolute atomic E-state index is 0.0817. The van der Waals surface area contributed by atoms with Gasteiger partial charge in [-0.25, -0.2) is 4.98 Å². The second-order valence-electron chi connectivity index (χ2n) is 5.81. The monoisotopic (exact) mass is 303 g/mol. The van der Waals surface area contributed by atoms with Crippen molar-refractivity contribution >= 4 is 11.7 Å². The summed E-state index contributed by atoms with van der Waals surface area (Å²) >= 11 is 0. The van der Waals surface area contributed by atoms with Gasteiger partial charge in [-0.1, -0.05) is 5.16 Å². The number of carbonyl (C=O) groups is 1. The fourth-order valence-corrected chi connectivity index (χ4v) is 2.78. The number of aromatic nitrogens is 3. The molecule has 0 aliphatic carbocycles. The summed E-state index contributed by atoms with van der Waals surface area (Å²) in [5.74, 6) is 2.08. The van der Waals surface area contributed by atoms with Crippen LogP contribution >= 0.6 is 0 Å². The molecule has 0 aromatic carbocycles. The van der Waals surface area contributed by atoms with Crippen molar-refractivity contribution in [2.24, 2.45) is 0 Å². The third-order valence-electron chi connectivity index (χ3n) is 4.30. The van der Waals surface area contributed by atoms with Gasteiger partial charge in [0.1, 0.15) is 11.6 Å². The fourth-order valence-electron chi connectivity index (χ4n) is 2.78. The third-order valence-corrected chi connectivity index (χ3v) is 4.30. The first-order valence-corrected chi connectivity index (χ1v) is 7.46. The maximum absolute atomic E-state index is 12.3. The summed E-state index contributed by atoms with van der Waals surface area (Å²) in [6, 6.07) is 1.46. The molecule has 1 atom stereocenters. The Morgan fingerprint density at radius 3 is 2.82 bits per heavy atom. The largest absolute Gasteiger partial charge is 0.360 e. The van der Waals surface area contributed by atoms with Crippen LogP contribution in [0.15, 0.2) is 10.6 Å². The van der Waals surface area contributed by atoms with Gasteiger partial charge in [-0.15, -0.1) is 0 Å². The van der Waals surface area contributed by atoms with E-state index in [-0.39, 0.29) is 11.9 Å². The summed E-state index contributed by atoms with van der Waals surface area (Å²) in [6.07, 6.45) is 0. The van der Waals surface area contributed by atoms with Crippen LogP contribution in [-0.2, 0) is 17.9 Å². The quantitative estimate of drug-likeness (QED) is 0.933. The zero-order chi connectivity index (χ0) is 15.9. The molecule has 2 aromatic heterocycles. The van der Waals surface area contributed by atoms with E-state index in [0.717, 1.165) is 24.6 Å². The van der Waals surface area contributed by atoms with E-state index in [0.29, 0.717) is 18.1 Å². The van der Waals surface area contributed by atoms with Gasteiger partial charge in [-0.05, 0) is 27.7 Å².